The average Bonchev–Trinajstić information content (AvgIpc) is 2.57. The summed E-state index contributed by atoms with van der Waals surface area (Å²) in [6, 6.07) is 0. The summed E-state index contributed by atoms with van der Waals surface area (Å²) in [6.45, 7) is 2.32. The summed E-state index contributed by atoms with van der Waals surface area (Å²) in [5.41, 5.74) is 0. The topological polar surface area (TPSA) is 213 Å². The zero-order chi connectivity index (χ0) is 22.5. The van der Waals surface area contributed by atoms with Gasteiger partial charge in [-0.3, -0.25) is 0 Å². The molecule has 0 fully saturated rings. The van der Waals surface area contributed by atoms with E-state index in [1.54, 1.807) is 0 Å². The smallest absolute Gasteiger partial charge is 0.331 e. The molecular weight excluding hydrogens is 384 g/mol. The lowest BCUT2D eigenvalue weighted by Gasteiger charge is -1.97. The van der Waals surface area contributed by atoms with Crippen LogP contribution in [0.25, 0.3) is 0 Å². The molecule has 0 rings (SSSR count). The first-order valence-electron chi connectivity index (χ1n) is 7.27. The van der Waals surface area contributed by atoms with Gasteiger partial charge in [0.15, 0.2) is 0 Å². The summed E-state index contributed by atoms with van der Waals surface area (Å²) in [5, 5.41) is 39.4. The molecule has 12 heteroatoms. The Morgan fingerprint density at radius 2 is 0.893 bits per heavy atom. The molecule has 0 spiro atoms. The van der Waals surface area contributed by atoms with Crippen molar-refractivity contribution < 1.29 is 59.0 Å². The van der Waals surface area contributed by atoms with Gasteiger partial charge in [0.05, 0.1) is 6.61 Å². The van der Waals surface area contributed by atoms with Crippen LogP contribution in [0.3, 0.4) is 0 Å². The molecule has 28 heavy (non-hydrogen) atoms. The molecule has 0 saturated heterocycles. The number of hydrogen-bond acceptors (Lipinski definition) is 7. The monoisotopic (exact) mass is 404 g/mol. The normalized spacial score (nSPS) is 9.75. The van der Waals surface area contributed by atoms with E-state index in [4.69, 9.17) is 25.5 Å². The molecule has 0 radical (unpaired) electrons. The molecule has 0 aliphatic heterocycles. The minimum atomic E-state index is -1.26. The maximum atomic E-state index is 10.6. The first kappa shape index (κ1) is 28.8. The lowest BCUT2D eigenvalue weighted by Crippen LogP contribution is -2.02. The average molecular weight is 404 g/mol. The van der Waals surface area contributed by atoms with E-state index >= 15 is 0 Å². The van der Waals surface area contributed by atoms with Crippen molar-refractivity contribution in [3.05, 3.63) is 36.5 Å². The Bertz CT molecular complexity index is 562. The molecule has 0 amide bonds. The van der Waals surface area contributed by atoms with E-state index in [-0.39, 0.29) is 0 Å². The van der Waals surface area contributed by atoms with Crippen LogP contribution in [-0.4, -0.2) is 68.0 Å². The van der Waals surface area contributed by atoms with Gasteiger partial charge in [0.25, 0.3) is 0 Å². The predicted molar refractivity (Wildman–Crippen MR) is 91.5 cm³/mol. The number of esters is 1. The lowest BCUT2D eigenvalue weighted by molar-refractivity contribution is -0.139. The number of carbonyl (C=O) groups excluding carboxylic acids is 1. The van der Waals surface area contributed by atoms with Crippen molar-refractivity contribution in [2.75, 3.05) is 6.61 Å². The Labute approximate surface area is 158 Å². The molecule has 0 unspecified atom stereocenters. The van der Waals surface area contributed by atoms with Gasteiger partial charge in [-0.1, -0.05) is 13.3 Å². The highest BCUT2D eigenvalue weighted by molar-refractivity contribution is 5.91. The SMILES string of the molecule is CCCCOC(=O)C=CC(=O)O.O=C(O)C=CC(=O)O.O=C(O)C=CC(=O)O. The highest BCUT2D eigenvalue weighted by Crippen LogP contribution is 1.89. The molecule has 0 aromatic heterocycles. The second kappa shape index (κ2) is 19.4. The summed E-state index contributed by atoms with van der Waals surface area (Å²) in [4.78, 5) is 58.8. The fourth-order valence-electron chi connectivity index (χ4n) is 0.790. The number of rotatable bonds is 9. The van der Waals surface area contributed by atoms with E-state index in [0.717, 1.165) is 25.0 Å². The number of carbonyl (C=O) groups is 6. The van der Waals surface area contributed by atoms with Crippen LogP contribution < -0.4 is 0 Å². The molecule has 12 nitrogen and oxygen atoms in total. The Balaban J connectivity index is -0.000000347. The van der Waals surface area contributed by atoms with Gasteiger partial charge in [0.2, 0.25) is 0 Å². The van der Waals surface area contributed by atoms with Gasteiger partial charge in [-0.2, -0.15) is 0 Å². The quantitative estimate of drug-likeness (QED) is 0.200. The second-order valence-electron chi connectivity index (χ2n) is 4.21. The number of carboxylic acids is 5. The van der Waals surface area contributed by atoms with E-state index < -0.39 is 35.8 Å². The Hall–Kier alpha value is -3.96. The largest absolute Gasteiger partial charge is 0.478 e. The Kier molecular flexibility index (Phi) is 19.9. The Morgan fingerprint density at radius 1 is 0.607 bits per heavy atom. The standard InChI is InChI=1S/C8H12O4.2C4H4O4/c1-2-3-6-12-8(11)5-4-7(9)10;2*5-3(6)1-2-4(7)8/h4-5H,2-3,6H2,1H3,(H,9,10);2*1-2H,(H,5,6)(H,7,8). The number of carboxylic acid groups (broad SMARTS) is 5. The molecule has 5 N–H and O–H groups in total. The summed E-state index contributed by atoms with van der Waals surface area (Å²) >= 11 is 0. The van der Waals surface area contributed by atoms with Gasteiger partial charge in [0.1, 0.15) is 0 Å². The molecule has 0 aromatic carbocycles. The summed E-state index contributed by atoms with van der Waals surface area (Å²) in [5.74, 6) is -6.78. The van der Waals surface area contributed by atoms with Crippen LogP contribution in [0.4, 0.5) is 0 Å². The van der Waals surface area contributed by atoms with Crippen molar-refractivity contribution in [2.24, 2.45) is 0 Å². The van der Waals surface area contributed by atoms with Crippen molar-refractivity contribution in [1.29, 1.82) is 0 Å². The van der Waals surface area contributed by atoms with Gasteiger partial charge in [-0.15, -0.1) is 0 Å². The third-order valence-electron chi connectivity index (χ3n) is 1.84. The fraction of sp³-hybridized carbons (Fsp3) is 0.250. The zero-order valence-corrected chi connectivity index (χ0v) is 14.7. The predicted octanol–water partition coefficient (Wildman–Crippen LogP) is 0.394. The van der Waals surface area contributed by atoms with Gasteiger partial charge in [-0.25, -0.2) is 28.8 Å². The number of aliphatic carboxylic acids is 5. The van der Waals surface area contributed by atoms with Gasteiger partial charge in [0, 0.05) is 36.5 Å². The highest BCUT2D eigenvalue weighted by atomic mass is 16.5. The van der Waals surface area contributed by atoms with E-state index in [0.29, 0.717) is 30.9 Å². The van der Waals surface area contributed by atoms with Gasteiger partial charge < -0.3 is 30.3 Å². The van der Waals surface area contributed by atoms with E-state index in [1.165, 1.54) is 0 Å². The van der Waals surface area contributed by atoms with Crippen LogP contribution in [0.15, 0.2) is 36.5 Å². The van der Waals surface area contributed by atoms with Crippen LogP contribution in [0, 0.1) is 0 Å². The van der Waals surface area contributed by atoms with Crippen molar-refractivity contribution in [2.45, 2.75) is 19.8 Å². The van der Waals surface area contributed by atoms with Crippen molar-refractivity contribution in [3.8, 4) is 0 Å². The highest BCUT2D eigenvalue weighted by Gasteiger charge is 1.96. The lowest BCUT2D eigenvalue weighted by atomic mass is 10.4. The van der Waals surface area contributed by atoms with E-state index in [9.17, 15) is 28.8 Å². The molecule has 0 bridgehead atoms. The molecule has 0 atom stereocenters. The minimum absolute atomic E-state index is 0.347. The van der Waals surface area contributed by atoms with Gasteiger partial charge in [-0.05, 0) is 6.42 Å². The van der Waals surface area contributed by atoms with Crippen molar-refractivity contribution in [1.82, 2.24) is 0 Å². The molecular formula is C16H20O12. The van der Waals surface area contributed by atoms with Crippen LogP contribution >= 0.6 is 0 Å². The number of unbranched alkanes of at least 4 members (excludes halogenated alkanes) is 1. The maximum absolute atomic E-state index is 10.6. The molecule has 0 heterocycles. The molecule has 0 aromatic rings. The van der Waals surface area contributed by atoms with E-state index in [2.05, 4.69) is 4.74 Å². The first-order chi connectivity index (χ1) is 12.9. The Morgan fingerprint density at radius 3 is 1.14 bits per heavy atom. The van der Waals surface area contributed by atoms with E-state index in [1.807, 2.05) is 6.92 Å². The summed E-state index contributed by atoms with van der Waals surface area (Å²) < 4.78 is 4.64. The van der Waals surface area contributed by atoms with Crippen LogP contribution in [-0.2, 0) is 33.5 Å². The van der Waals surface area contributed by atoms with Crippen molar-refractivity contribution in [3.63, 3.8) is 0 Å². The molecule has 0 aliphatic carbocycles. The third-order valence-corrected chi connectivity index (χ3v) is 1.84. The molecule has 156 valence electrons. The summed E-state index contributed by atoms with van der Waals surface area (Å²) in [6.07, 6.45) is 5.63. The second-order valence-corrected chi connectivity index (χ2v) is 4.21. The van der Waals surface area contributed by atoms with Crippen molar-refractivity contribution >= 4 is 35.8 Å². The molecule has 0 saturated carbocycles. The minimum Gasteiger partial charge on any atom is -0.478 e. The zero-order valence-electron chi connectivity index (χ0n) is 14.7. The number of hydrogen-bond donors (Lipinski definition) is 5. The van der Waals surface area contributed by atoms with Crippen LogP contribution in [0.1, 0.15) is 19.8 Å². The van der Waals surface area contributed by atoms with Crippen LogP contribution in [0.5, 0.6) is 0 Å². The number of ether oxygens (including phenoxy) is 1. The van der Waals surface area contributed by atoms with Gasteiger partial charge >= 0.3 is 35.8 Å². The fourth-order valence-corrected chi connectivity index (χ4v) is 0.790. The third kappa shape index (κ3) is 37.9. The maximum Gasteiger partial charge on any atom is 0.331 e. The summed E-state index contributed by atoms with van der Waals surface area (Å²) in [7, 11) is 0. The first-order valence-corrected chi connectivity index (χ1v) is 7.27. The van der Waals surface area contributed by atoms with Crippen LogP contribution in [0.2, 0.25) is 0 Å². The molecule has 0 aliphatic rings.